The van der Waals surface area contributed by atoms with Crippen molar-refractivity contribution in [2.45, 2.75) is 0 Å². The molecule has 0 saturated carbocycles. The molecule has 1 heterocycles. The van der Waals surface area contributed by atoms with Crippen LogP contribution in [0.1, 0.15) is 15.9 Å². The number of fused-ring (bicyclic) bond motifs is 1. The van der Waals surface area contributed by atoms with Crippen molar-refractivity contribution < 1.29 is 14.3 Å². The van der Waals surface area contributed by atoms with Crippen LogP contribution in [0.25, 0.3) is 5.70 Å². The maximum atomic E-state index is 11.9. The first-order chi connectivity index (χ1) is 10.2. The Bertz CT molecular complexity index is 768. The Morgan fingerprint density at radius 1 is 1.10 bits per heavy atom. The van der Waals surface area contributed by atoms with Gasteiger partial charge < -0.3 is 10.1 Å². The van der Waals surface area contributed by atoms with Crippen molar-refractivity contribution in [3.63, 3.8) is 0 Å². The number of allylic oxidation sites excluding steroid dienone is 1. The fourth-order valence-electron chi connectivity index (χ4n) is 2.13. The number of rotatable bonds is 3. The van der Waals surface area contributed by atoms with Crippen LogP contribution in [0.5, 0.6) is 5.75 Å². The molecule has 0 radical (unpaired) electrons. The Labute approximate surface area is 120 Å². The summed E-state index contributed by atoms with van der Waals surface area (Å²) in [5, 5.41) is 10.7. The van der Waals surface area contributed by atoms with Crippen LogP contribution >= 0.6 is 0 Å². The van der Waals surface area contributed by atoms with E-state index in [0.29, 0.717) is 28.4 Å². The topological polar surface area (TPSA) is 81.2 Å². The van der Waals surface area contributed by atoms with Crippen molar-refractivity contribution >= 4 is 23.1 Å². The van der Waals surface area contributed by atoms with Crippen LogP contribution in [0.4, 0.5) is 5.82 Å². The number of hydrogen-bond donors (Lipinski definition) is 1. The second-order valence-electron chi connectivity index (χ2n) is 4.37. The van der Waals surface area contributed by atoms with E-state index in [9.17, 15) is 9.59 Å². The Hall–Kier alpha value is -3.02. The van der Waals surface area contributed by atoms with Crippen LogP contribution in [0.2, 0.25) is 0 Å². The highest BCUT2D eigenvalue weighted by molar-refractivity contribution is 6.50. The lowest BCUT2D eigenvalue weighted by atomic mass is 9.93. The predicted octanol–water partition coefficient (Wildman–Crippen LogP) is 1.70. The Kier molecular flexibility index (Phi) is 3.19. The quantitative estimate of drug-likeness (QED) is 0.862. The summed E-state index contributed by atoms with van der Waals surface area (Å²) < 4.78 is 5.18. The average molecular weight is 281 g/mol. The SMILES string of the molecule is COc1ccnnc1NC1=CC(=O)C(=O)c2ccccc21. The third-order valence-corrected chi connectivity index (χ3v) is 3.12. The highest BCUT2D eigenvalue weighted by Gasteiger charge is 2.26. The molecule has 1 aromatic carbocycles. The largest absolute Gasteiger partial charge is 0.493 e. The second-order valence-corrected chi connectivity index (χ2v) is 4.37. The van der Waals surface area contributed by atoms with Gasteiger partial charge in [-0.3, -0.25) is 9.59 Å². The number of nitrogens with zero attached hydrogens (tertiary/aromatic N) is 2. The summed E-state index contributed by atoms with van der Waals surface area (Å²) in [4.78, 5) is 23.6. The van der Waals surface area contributed by atoms with E-state index in [1.807, 2.05) is 0 Å². The summed E-state index contributed by atoms with van der Waals surface area (Å²) in [5.74, 6) is -0.211. The molecule has 0 saturated heterocycles. The molecule has 21 heavy (non-hydrogen) atoms. The molecule has 3 rings (SSSR count). The maximum Gasteiger partial charge on any atom is 0.233 e. The lowest BCUT2D eigenvalue weighted by Crippen LogP contribution is -2.21. The molecular weight excluding hydrogens is 270 g/mol. The molecule has 2 aromatic rings. The second kappa shape index (κ2) is 5.16. The number of ether oxygens (including phenoxy) is 1. The number of methoxy groups -OCH3 is 1. The van der Waals surface area contributed by atoms with Gasteiger partial charge in [-0.1, -0.05) is 24.3 Å². The Morgan fingerprint density at radius 3 is 2.62 bits per heavy atom. The van der Waals surface area contributed by atoms with Gasteiger partial charge in [0, 0.05) is 23.3 Å². The van der Waals surface area contributed by atoms with Crippen LogP contribution in [-0.4, -0.2) is 28.9 Å². The number of ketones is 2. The van der Waals surface area contributed by atoms with Gasteiger partial charge in [-0.25, -0.2) is 0 Å². The minimum Gasteiger partial charge on any atom is -0.493 e. The van der Waals surface area contributed by atoms with Crippen LogP contribution in [0.3, 0.4) is 0 Å². The zero-order valence-electron chi connectivity index (χ0n) is 11.2. The number of aromatic nitrogens is 2. The van der Waals surface area contributed by atoms with Crippen molar-refractivity contribution in [2.24, 2.45) is 0 Å². The van der Waals surface area contributed by atoms with Gasteiger partial charge in [-0.2, -0.15) is 5.10 Å². The van der Waals surface area contributed by atoms with E-state index >= 15 is 0 Å². The summed E-state index contributed by atoms with van der Waals surface area (Å²) in [6.07, 6.45) is 2.76. The van der Waals surface area contributed by atoms with Gasteiger partial charge >= 0.3 is 0 Å². The van der Waals surface area contributed by atoms with Gasteiger partial charge in [0.25, 0.3) is 0 Å². The summed E-state index contributed by atoms with van der Waals surface area (Å²) >= 11 is 0. The van der Waals surface area contributed by atoms with Crippen LogP contribution in [0, 0.1) is 0 Å². The molecule has 6 heteroatoms. The number of Topliss-reactive ketones (excluding diaryl/α,β-unsaturated/α-hetero) is 1. The predicted molar refractivity (Wildman–Crippen MR) is 76.0 cm³/mol. The first-order valence-electron chi connectivity index (χ1n) is 6.23. The molecule has 6 nitrogen and oxygen atoms in total. The highest BCUT2D eigenvalue weighted by atomic mass is 16.5. The lowest BCUT2D eigenvalue weighted by Gasteiger charge is -2.17. The molecule has 1 N–H and O–H groups in total. The fourth-order valence-corrected chi connectivity index (χ4v) is 2.13. The third kappa shape index (κ3) is 2.27. The minimum absolute atomic E-state index is 0.371. The molecule has 0 aliphatic heterocycles. The number of anilines is 1. The summed E-state index contributed by atoms with van der Waals surface area (Å²) in [7, 11) is 1.51. The summed E-state index contributed by atoms with van der Waals surface area (Å²) in [5.41, 5.74) is 1.51. The highest BCUT2D eigenvalue weighted by Crippen LogP contribution is 2.28. The lowest BCUT2D eigenvalue weighted by molar-refractivity contribution is -0.111. The van der Waals surface area contributed by atoms with Crippen molar-refractivity contribution in [1.82, 2.24) is 10.2 Å². The minimum atomic E-state index is -0.570. The Morgan fingerprint density at radius 2 is 1.86 bits per heavy atom. The smallest absolute Gasteiger partial charge is 0.233 e. The van der Waals surface area contributed by atoms with Crippen LogP contribution < -0.4 is 10.1 Å². The Balaban J connectivity index is 2.04. The molecule has 1 aliphatic rings. The van der Waals surface area contributed by atoms with Gasteiger partial charge in [-0.15, -0.1) is 5.10 Å². The number of nitrogens with one attached hydrogen (secondary N) is 1. The third-order valence-electron chi connectivity index (χ3n) is 3.12. The number of carbonyl (C=O) groups is 2. The first kappa shape index (κ1) is 13.0. The van der Waals surface area contributed by atoms with Crippen molar-refractivity contribution in [2.75, 3.05) is 12.4 Å². The molecule has 0 bridgehead atoms. The van der Waals surface area contributed by atoms with Crippen LogP contribution in [-0.2, 0) is 4.79 Å². The summed E-state index contributed by atoms with van der Waals surface area (Å²) in [6, 6.07) is 8.55. The standard InChI is InChI=1S/C15H11N3O3/c1-21-13-6-7-16-18-15(13)17-11-8-12(19)14(20)10-5-3-2-4-9(10)11/h2-8H,1H3,(H,17,18). The van der Waals surface area contributed by atoms with E-state index in [2.05, 4.69) is 15.5 Å². The van der Waals surface area contributed by atoms with Gasteiger partial charge in [0.05, 0.1) is 19.0 Å². The molecule has 0 unspecified atom stereocenters. The van der Waals surface area contributed by atoms with Gasteiger partial charge in [-0.05, 0) is 0 Å². The first-order valence-corrected chi connectivity index (χ1v) is 6.23. The van der Waals surface area contributed by atoms with Crippen molar-refractivity contribution in [3.05, 3.63) is 53.7 Å². The van der Waals surface area contributed by atoms with E-state index in [1.54, 1.807) is 30.3 Å². The van der Waals surface area contributed by atoms with E-state index in [-0.39, 0.29) is 0 Å². The van der Waals surface area contributed by atoms with Gasteiger partial charge in [0.1, 0.15) is 0 Å². The van der Waals surface area contributed by atoms with Crippen molar-refractivity contribution in [1.29, 1.82) is 0 Å². The number of benzene rings is 1. The molecular formula is C15H11N3O3. The normalized spacial score (nSPS) is 13.5. The average Bonchev–Trinajstić information content (AvgIpc) is 2.53. The maximum absolute atomic E-state index is 11.9. The van der Waals surface area contributed by atoms with Crippen LogP contribution in [0.15, 0.2) is 42.6 Å². The van der Waals surface area contributed by atoms with Gasteiger partial charge in [0.15, 0.2) is 11.6 Å². The molecule has 1 aromatic heterocycles. The van der Waals surface area contributed by atoms with Crippen molar-refractivity contribution in [3.8, 4) is 5.75 Å². The van der Waals surface area contributed by atoms with E-state index in [4.69, 9.17) is 4.74 Å². The van der Waals surface area contributed by atoms with E-state index in [0.717, 1.165) is 0 Å². The molecule has 0 fully saturated rings. The monoisotopic (exact) mass is 281 g/mol. The zero-order chi connectivity index (χ0) is 14.8. The van der Waals surface area contributed by atoms with E-state index < -0.39 is 11.6 Å². The molecule has 0 spiro atoms. The number of carbonyl (C=O) groups excluding carboxylic acids is 2. The summed E-state index contributed by atoms with van der Waals surface area (Å²) in [6.45, 7) is 0. The fraction of sp³-hybridized carbons (Fsp3) is 0.0667. The molecule has 1 aliphatic carbocycles. The molecule has 0 atom stereocenters. The van der Waals surface area contributed by atoms with E-state index in [1.165, 1.54) is 19.4 Å². The number of hydrogen-bond acceptors (Lipinski definition) is 6. The van der Waals surface area contributed by atoms with Gasteiger partial charge in [0.2, 0.25) is 11.6 Å². The zero-order valence-corrected chi connectivity index (χ0v) is 11.2. The molecule has 0 amide bonds. The molecule has 104 valence electrons.